The number of hydrogen-bond acceptors (Lipinski definition) is 8. The molecule has 13 heteroatoms. The minimum absolute atomic E-state index is 0.693. The van der Waals surface area contributed by atoms with Gasteiger partial charge in [-0.15, -0.1) is 0 Å². The van der Waals surface area contributed by atoms with Gasteiger partial charge in [-0.2, -0.15) is 0 Å². The number of benzene rings is 7. The molecule has 7 aromatic carbocycles. The third-order valence-electron chi connectivity index (χ3n) is 21.0. The molecular weight excluding hydrogens is 1350 g/mol. The lowest BCUT2D eigenvalue weighted by Crippen LogP contribution is -2.30. The first kappa shape index (κ1) is 70.1. The molecule has 534 valence electrons. The monoisotopic (exact) mass is 1430 g/mol. The Kier molecular flexibility index (Phi) is 18.6. The molecule has 0 atom stereocenters. The van der Waals surface area contributed by atoms with Gasteiger partial charge in [-0.1, -0.05) is 97.1 Å². The number of rotatable bonds is 5. The van der Waals surface area contributed by atoms with Crippen molar-refractivity contribution in [3.63, 3.8) is 0 Å². The molecule has 13 heterocycles. The summed E-state index contributed by atoms with van der Waals surface area (Å²) in [5.41, 5.74) is 30.6. The van der Waals surface area contributed by atoms with Crippen molar-refractivity contribution in [1.82, 2.24) is 15.0 Å². The van der Waals surface area contributed by atoms with Crippen molar-refractivity contribution in [3.05, 3.63) is 312 Å². The summed E-state index contributed by atoms with van der Waals surface area (Å²) < 4.78 is 41.5. The van der Waals surface area contributed by atoms with Crippen LogP contribution >= 0.6 is 0 Å². The van der Waals surface area contributed by atoms with Crippen LogP contribution in [-0.2, 0) is 35.2 Å². The summed E-state index contributed by atoms with van der Waals surface area (Å²) in [6.07, 6.45) is 12.1. The van der Waals surface area contributed by atoms with E-state index < -0.39 is 0 Å². The van der Waals surface area contributed by atoms with Crippen LogP contribution < -0.4 is 22.8 Å². The molecule has 0 fully saturated rings. The Bertz CT molecular complexity index is 6610. The molecule has 0 aliphatic rings. The van der Waals surface area contributed by atoms with Crippen molar-refractivity contribution >= 4 is 110 Å². The molecule has 0 bridgehead atoms. The van der Waals surface area contributed by atoms with Gasteiger partial charge in [-0.05, 0) is 168 Å². The van der Waals surface area contributed by atoms with Crippen LogP contribution in [0.3, 0.4) is 0 Å². The topological polar surface area (TPSA) is 124 Å². The number of hydrogen-bond donors (Lipinski definition) is 0. The van der Waals surface area contributed by atoms with E-state index in [0.29, 0.717) is 17.1 Å². The van der Waals surface area contributed by atoms with E-state index in [9.17, 15) is 0 Å². The molecule has 13 aromatic heterocycles. The molecule has 20 aromatic rings. The number of nitrogens with zero attached hydrogens (tertiary/aromatic N) is 8. The highest BCUT2D eigenvalue weighted by molar-refractivity contribution is 6.14. The number of pyridine rings is 8. The van der Waals surface area contributed by atoms with Gasteiger partial charge in [0.05, 0.1) is 27.8 Å². The number of fused-ring (bicyclic) bond motifs is 15. The molecule has 109 heavy (non-hydrogen) atoms. The van der Waals surface area contributed by atoms with Crippen LogP contribution in [0.1, 0.15) is 50.3 Å². The van der Waals surface area contributed by atoms with Crippen molar-refractivity contribution in [1.29, 1.82) is 0 Å². The highest BCUT2D eigenvalue weighted by Gasteiger charge is 2.26. The van der Waals surface area contributed by atoms with Gasteiger partial charge in [-0.25, -0.2) is 37.8 Å². The summed E-state index contributed by atoms with van der Waals surface area (Å²) in [4.78, 5) is 13.4. The maximum absolute atomic E-state index is 6.29. The molecule has 13 nitrogen and oxygen atoms in total. The average molecular weight is 1430 g/mol. The summed E-state index contributed by atoms with van der Waals surface area (Å²) in [6.45, 7) is 18.8. The number of furan rings is 5. The summed E-state index contributed by atoms with van der Waals surface area (Å²) in [7, 11) is 10.3. The third kappa shape index (κ3) is 12.9. The Morgan fingerprint density at radius 3 is 0.780 bits per heavy atom. The Morgan fingerprint density at radius 2 is 0.468 bits per heavy atom. The molecule has 0 saturated carbocycles. The zero-order chi connectivity index (χ0) is 75.5. The van der Waals surface area contributed by atoms with Crippen LogP contribution in [0.4, 0.5) is 0 Å². The van der Waals surface area contributed by atoms with Crippen molar-refractivity contribution in [3.8, 4) is 56.3 Å². The lowest BCUT2D eigenvalue weighted by Gasteiger charge is -2.04. The Morgan fingerprint density at radius 1 is 0.211 bits per heavy atom. The molecule has 0 aliphatic carbocycles. The standard InChI is InChI=1S/2C20H18NO.2C19H17N2O.C18H15N2O/c2*1-13-10-11-16-15-8-6-7-14(2)19(15)22-20(16)18(13)17-9-4-5-12-21(17)3;2*1-12-7-9-14-15-10-8-13(2)20-19(15)22-18(14)17(12)16-6-4-5-11-21(16)3;1-12-8-9-13-14-6-5-10-19-18(14)21-17(13)16(12)15-7-3-4-11-20(15)2/h2*4-12H,1-3H3;2*4-11H,1-3H3;3-11H,1-2H3/q5*+1. The molecule has 0 saturated heterocycles. The third-order valence-corrected chi connectivity index (χ3v) is 21.0. The normalized spacial score (nSPS) is 11.4. The number of para-hydroxylation sites is 2. The van der Waals surface area contributed by atoms with E-state index in [1.807, 2.05) is 62.4 Å². The van der Waals surface area contributed by atoms with Gasteiger partial charge in [-0.3, -0.25) is 0 Å². The SMILES string of the molecule is Cc1ccc2c(n1)oc1c(-c3cccc[n+]3C)c(C)ccc12.Cc1ccc2c(n1)oc1c(-c3cccc[n+]3C)c(C)ccc12.Cc1ccc2c(oc3c(C)cccc32)c1-c1cccc[n+]1C.Cc1ccc2c(oc3c(C)cccc32)c1-c1cccc[n+]1C.Cc1ccc2c(oc3ncccc32)c1-c1cccc[n+]1C. The van der Waals surface area contributed by atoms with E-state index in [0.717, 1.165) is 117 Å². The summed E-state index contributed by atoms with van der Waals surface area (Å²) in [5, 5.41) is 11.3. The molecule has 0 amide bonds. The first-order valence-electron chi connectivity index (χ1n) is 36.8. The molecule has 20 rings (SSSR count). The van der Waals surface area contributed by atoms with Crippen LogP contribution in [0.25, 0.3) is 166 Å². The summed E-state index contributed by atoms with van der Waals surface area (Å²) in [6, 6.07) is 77.5. The lowest BCUT2D eigenvalue weighted by molar-refractivity contribution is -0.660. The fourth-order valence-electron chi connectivity index (χ4n) is 15.3. The van der Waals surface area contributed by atoms with Crippen LogP contribution in [0.15, 0.2) is 284 Å². The fraction of sp³-hybridized carbons (Fsp3) is 0.146. The molecule has 0 radical (unpaired) electrons. The van der Waals surface area contributed by atoms with Crippen molar-refractivity contribution in [2.75, 3.05) is 0 Å². The van der Waals surface area contributed by atoms with Crippen LogP contribution in [-0.4, -0.2) is 15.0 Å². The lowest BCUT2D eigenvalue weighted by atomic mass is 10.0. The second kappa shape index (κ2) is 28.9. The van der Waals surface area contributed by atoms with Gasteiger partial charge >= 0.3 is 0 Å². The van der Waals surface area contributed by atoms with E-state index in [4.69, 9.17) is 22.1 Å². The number of aryl methyl sites for hydroxylation is 14. The largest absolute Gasteiger partial charge is 0.455 e. The van der Waals surface area contributed by atoms with Crippen molar-refractivity contribution in [2.45, 2.75) is 62.3 Å². The first-order valence-corrected chi connectivity index (χ1v) is 36.8. The van der Waals surface area contributed by atoms with Crippen LogP contribution in [0.5, 0.6) is 0 Å². The van der Waals surface area contributed by atoms with E-state index in [-0.39, 0.29) is 0 Å². The Labute approximate surface area is 632 Å². The second-order valence-electron chi connectivity index (χ2n) is 28.5. The first-order chi connectivity index (χ1) is 52.9. The zero-order valence-electron chi connectivity index (χ0n) is 63.9. The van der Waals surface area contributed by atoms with Crippen molar-refractivity contribution in [2.24, 2.45) is 35.2 Å². The zero-order valence-corrected chi connectivity index (χ0v) is 63.9. The minimum Gasteiger partial charge on any atom is -0.455 e. The second-order valence-corrected chi connectivity index (χ2v) is 28.5. The van der Waals surface area contributed by atoms with Gasteiger partial charge in [0.15, 0.2) is 47.7 Å². The highest BCUT2D eigenvalue weighted by atomic mass is 16.4. The molecule has 0 unspecified atom stereocenters. The van der Waals surface area contributed by atoms with E-state index in [1.165, 1.54) is 83.0 Å². The molecule has 0 aliphatic heterocycles. The smallest absolute Gasteiger partial charge is 0.227 e. The fourth-order valence-corrected chi connectivity index (χ4v) is 15.3. The summed E-state index contributed by atoms with van der Waals surface area (Å²) >= 11 is 0. The van der Waals surface area contributed by atoms with Crippen molar-refractivity contribution < 1.29 is 44.9 Å². The minimum atomic E-state index is 0.693. The van der Waals surface area contributed by atoms with Gasteiger partial charge in [0.1, 0.15) is 57.6 Å². The van der Waals surface area contributed by atoms with Crippen LogP contribution in [0.2, 0.25) is 0 Å². The van der Waals surface area contributed by atoms with Gasteiger partial charge < -0.3 is 22.1 Å². The summed E-state index contributed by atoms with van der Waals surface area (Å²) in [5.74, 6) is 0. The van der Waals surface area contributed by atoms with E-state index >= 15 is 0 Å². The Balaban J connectivity index is 0.000000104. The van der Waals surface area contributed by atoms with Gasteiger partial charge in [0.2, 0.25) is 45.6 Å². The van der Waals surface area contributed by atoms with Crippen LogP contribution in [0, 0.1) is 62.3 Å². The molecular formula is C96H85N8O5+5. The molecule has 0 spiro atoms. The highest BCUT2D eigenvalue weighted by Crippen LogP contribution is 2.43. The number of aromatic nitrogens is 8. The predicted octanol–water partition coefficient (Wildman–Crippen LogP) is 21.3. The predicted molar refractivity (Wildman–Crippen MR) is 438 cm³/mol. The van der Waals surface area contributed by atoms with E-state index in [2.05, 4.69) is 328 Å². The quantitative estimate of drug-likeness (QED) is 0.156. The van der Waals surface area contributed by atoms with Gasteiger partial charge in [0, 0.05) is 132 Å². The maximum atomic E-state index is 6.29. The molecule has 0 N–H and O–H groups in total. The average Bonchev–Trinajstić information content (AvgIpc) is 1.64. The van der Waals surface area contributed by atoms with Gasteiger partial charge in [0.25, 0.3) is 0 Å². The Hall–Kier alpha value is -13.3. The van der Waals surface area contributed by atoms with E-state index in [1.54, 1.807) is 6.20 Å². The maximum Gasteiger partial charge on any atom is 0.227 e.